The normalized spacial score (nSPS) is 12.0. The van der Waals surface area contributed by atoms with Crippen molar-refractivity contribution >= 4 is 39.7 Å². The summed E-state index contributed by atoms with van der Waals surface area (Å²) in [6.07, 6.45) is 1.57. The van der Waals surface area contributed by atoms with Gasteiger partial charge in [0, 0.05) is 11.9 Å². The minimum Gasteiger partial charge on any atom is -0.507 e. The van der Waals surface area contributed by atoms with Crippen LogP contribution in [0.2, 0.25) is 0 Å². The smallest absolute Gasteiger partial charge is 0.265 e. The van der Waals surface area contributed by atoms with Gasteiger partial charge in [-0.15, -0.1) is 0 Å². The number of benzene rings is 3. The molecule has 0 spiro atoms. The van der Waals surface area contributed by atoms with Crippen LogP contribution in [0.4, 0.5) is 5.69 Å². The van der Waals surface area contributed by atoms with Crippen LogP contribution >= 0.6 is 0 Å². The van der Waals surface area contributed by atoms with E-state index in [1.807, 2.05) is 44.2 Å². The molecule has 180 valence electrons. The Morgan fingerprint density at radius 1 is 1.05 bits per heavy atom. The number of hydrogen-bond donors (Lipinski definition) is 2. The standard InChI is InChI=1S/C29H21N5O3/c1-15-10-16(2)26-23(11-15)33-28(37-26)19-12-18(8-9-25(19)35)31-14-21-17(3)20(13-30)27-32-22-6-4-5-7-24(22)34(27)29(21)36/h4-12,14,31,35H,1-3H3. The fourth-order valence-corrected chi connectivity index (χ4v) is 4.73. The second kappa shape index (κ2) is 8.21. The van der Waals surface area contributed by atoms with E-state index in [1.165, 1.54) is 10.5 Å². The van der Waals surface area contributed by atoms with Gasteiger partial charge in [-0.1, -0.05) is 18.2 Å². The number of nitrogens with one attached hydrogen (secondary N) is 1. The average molecular weight is 488 g/mol. The van der Waals surface area contributed by atoms with Crippen LogP contribution in [-0.2, 0) is 0 Å². The molecule has 3 aromatic carbocycles. The Morgan fingerprint density at radius 3 is 2.68 bits per heavy atom. The average Bonchev–Trinajstić information content (AvgIpc) is 3.47. The molecule has 2 N–H and O–H groups in total. The van der Waals surface area contributed by atoms with E-state index in [0.29, 0.717) is 61.3 Å². The predicted molar refractivity (Wildman–Crippen MR) is 142 cm³/mol. The molecule has 6 aromatic rings. The molecule has 0 saturated heterocycles. The van der Waals surface area contributed by atoms with E-state index >= 15 is 0 Å². The van der Waals surface area contributed by atoms with Gasteiger partial charge in [0.25, 0.3) is 5.56 Å². The number of imidazole rings is 1. The molecule has 8 heteroatoms. The lowest BCUT2D eigenvalue weighted by molar-refractivity contribution is 0.474. The van der Waals surface area contributed by atoms with E-state index in [4.69, 9.17) is 4.42 Å². The van der Waals surface area contributed by atoms with Crippen molar-refractivity contribution < 1.29 is 9.52 Å². The topological polar surface area (TPSA) is 116 Å². The highest BCUT2D eigenvalue weighted by Gasteiger charge is 2.17. The number of nitrogens with zero attached hydrogens (tertiary/aromatic N) is 4. The first kappa shape index (κ1) is 22.3. The molecule has 8 nitrogen and oxygen atoms in total. The Balaban J connectivity index is 1.48. The molecule has 3 aromatic heterocycles. The second-order valence-corrected chi connectivity index (χ2v) is 9.06. The van der Waals surface area contributed by atoms with E-state index < -0.39 is 0 Å². The summed E-state index contributed by atoms with van der Waals surface area (Å²) >= 11 is 0. The minimum atomic E-state index is -0.281. The summed E-state index contributed by atoms with van der Waals surface area (Å²) in [5, 5.41) is 23.9. The summed E-state index contributed by atoms with van der Waals surface area (Å²) in [5.74, 6) is 0.314. The van der Waals surface area contributed by atoms with Crippen LogP contribution in [0.1, 0.15) is 22.3 Å². The first-order valence-corrected chi connectivity index (χ1v) is 11.7. The van der Waals surface area contributed by atoms with Crippen molar-refractivity contribution in [3.63, 3.8) is 0 Å². The Hall–Kier alpha value is -5.16. The van der Waals surface area contributed by atoms with Crippen molar-refractivity contribution in [3.8, 4) is 23.3 Å². The number of para-hydroxylation sites is 2. The Kier molecular flexibility index (Phi) is 4.95. The van der Waals surface area contributed by atoms with Crippen molar-refractivity contribution in [3.05, 3.63) is 92.4 Å². The van der Waals surface area contributed by atoms with Crippen LogP contribution in [0.3, 0.4) is 0 Å². The third-order valence-corrected chi connectivity index (χ3v) is 6.54. The molecule has 0 unspecified atom stereocenters. The number of aromatic hydroxyl groups is 1. The molecule has 3 heterocycles. The largest absolute Gasteiger partial charge is 0.507 e. The SMILES string of the molecule is Cc1cc(C)c2oc(-c3cc(NC=c4c(C)c(C#N)c5nc6ccccc6n5c4=O)ccc3O)nc2c1. The maximum atomic E-state index is 13.5. The number of pyridine rings is 1. The molecule has 37 heavy (non-hydrogen) atoms. The summed E-state index contributed by atoms with van der Waals surface area (Å²) in [6, 6.07) is 18.4. The van der Waals surface area contributed by atoms with Gasteiger partial charge in [0.2, 0.25) is 5.89 Å². The van der Waals surface area contributed by atoms with Crippen LogP contribution in [-0.4, -0.2) is 19.5 Å². The lowest BCUT2D eigenvalue weighted by atomic mass is 10.1. The molecule has 0 aliphatic heterocycles. The van der Waals surface area contributed by atoms with E-state index in [-0.39, 0.29) is 11.3 Å². The van der Waals surface area contributed by atoms with Gasteiger partial charge in [-0.2, -0.15) is 5.26 Å². The zero-order valence-corrected chi connectivity index (χ0v) is 20.3. The predicted octanol–water partition coefficient (Wildman–Crippen LogP) is 4.73. The number of anilines is 1. The molecule has 6 rings (SSSR count). The number of oxazole rings is 1. The third kappa shape index (κ3) is 3.48. The van der Waals surface area contributed by atoms with E-state index in [2.05, 4.69) is 21.4 Å². The van der Waals surface area contributed by atoms with Gasteiger partial charge in [0.05, 0.1) is 27.4 Å². The Bertz CT molecular complexity index is 2050. The van der Waals surface area contributed by atoms with Crippen LogP contribution < -0.4 is 16.1 Å². The third-order valence-electron chi connectivity index (χ3n) is 6.54. The number of rotatable bonds is 3. The number of nitriles is 1. The molecule has 0 aliphatic rings. The van der Waals surface area contributed by atoms with Crippen LogP contribution in [0.15, 0.2) is 63.8 Å². The molecule has 0 atom stereocenters. The Morgan fingerprint density at radius 2 is 1.86 bits per heavy atom. The highest BCUT2D eigenvalue weighted by Crippen LogP contribution is 2.34. The van der Waals surface area contributed by atoms with Crippen molar-refractivity contribution in [2.45, 2.75) is 20.8 Å². The first-order valence-electron chi connectivity index (χ1n) is 11.7. The molecule has 0 saturated carbocycles. The van der Waals surface area contributed by atoms with Crippen molar-refractivity contribution in [1.82, 2.24) is 14.4 Å². The van der Waals surface area contributed by atoms with Crippen LogP contribution in [0.25, 0.3) is 45.4 Å². The van der Waals surface area contributed by atoms with Gasteiger partial charge in [-0.25, -0.2) is 9.97 Å². The molecule has 0 amide bonds. The quantitative estimate of drug-likeness (QED) is 0.347. The van der Waals surface area contributed by atoms with E-state index in [0.717, 1.165) is 11.1 Å². The molecular weight excluding hydrogens is 466 g/mol. The highest BCUT2D eigenvalue weighted by atomic mass is 16.3. The van der Waals surface area contributed by atoms with Gasteiger partial charge in [0.15, 0.2) is 11.2 Å². The zero-order valence-electron chi connectivity index (χ0n) is 20.3. The van der Waals surface area contributed by atoms with E-state index in [9.17, 15) is 15.2 Å². The number of fused-ring (bicyclic) bond motifs is 4. The molecular formula is C29H21N5O3. The minimum absolute atomic E-state index is 0.0187. The number of phenols is 1. The fraction of sp³-hybridized carbons (Fsp3) is 0.103. The Labute approximate surface area is 210 Å². The number of phenolic OH excluding ortho intramolecular Hbond substituents is 1. The summed E-state index contributed by atoms with van der Waals surface area (Å²) in [7, 11) is 0. The summed E-state index contributed by atoms with van der Waals surface area (Å²) in [4.78, 5) is 22.6. The second-order valence-electron chi connectivity index (χ2n) is 9.06. The lowest BCUT2D eigenvalue weighted by Gasteiger charge is -2.06. The van der Waals surface area contributed by atoms with Crippen molar-refractivity contribution in [2.75, 3.05) is 5.32 Å². The van der Waals surface area contributed by atoms with E-state index in [1.54, 1.807) is 31.3 Å². The fourth-order valence-electron chi connectivity index (χ4n) is 4.73. The van der Waals surface area contributed by atoms with Gasteiger partial charge in [-0.3, -0.25) is 9.20 Å². The first-order chi connectivity index (χ1) is 17.9. The number of aryl methyl sites for hydroxylation is 2. The van der Waals surface area contributed by atoms with Gasteiger partial charge in [0.1, 0.15) is 17.3 Å². The lowest BCUT2D eigenvalue weighted by Crippen LogP contribution is -2.34. The summed E-state index contributed by atoms with van der Waals surface area (Å²) < 4.78 is 7.45. The summed E-state index contributed by atoms with van der Waals surface area (Å²) in [6.45, 7) is 5.68. The zero-order chi connectivity index (χ0) is 25.8. The maximum absolute atomic E-state index is 13.5. The molecule has 0 aliphatic carbocycles. The summed E-state index contributed by atoms with van der Waals surface area (Å²) in [5.41, 5.74) is 6.67. The number of aromatic nitrogens is 3. The monoisotopic (exact) mass is 487 g/mol. The number of hydrogen-bond acceptors (Lipinski definition) is 7. The van der Waals surface area contributed by atoms with Crippen LogP contribution in [0.5, 0.6) is 5.75 Å². The molecule has 0 fully saturated rings. The van der Waals surface area contributed by atoms with Gasteiger partial charge < -0.3 is 14.8 Å². The van der Waals surface area contributed by atoms with Crippen LogP contribution in [0, 0.1) is 32.1 Å². The maximum Gasteiger partial charge on any atom is 0.265 e. The highest BCUT2D eigenvalue weighted by molar-refractivity contribution is 5.83. The van der Waals surface area contributed by atoms with Crippen molar-refractivity contribution in [1.29, 1.82) is 5.26 Å². The molecule has 0 bridgehead atoms. The molecule has 0 radical (unpaired) electrons. The van der Waals surface area contributed by atoms with Crippen molar-refractivity contribution in [2.24, 2.45) is 0 Å². The van der Waals surface area contributed by atoms with Gasteiger partial charge >= 0.3 is 0 Å². The van der Waals surface area contributed by atoms with Gasteiger partial charge in [-0.05, 0) is 73.9 Å².